The number of benzene rings is 1. The van der Waals surface area contributed by atoms with Crippen LogP contribution in [0.25, 0.3) is 0 Å². The summed E-state index contributed by atoms with van der Waals surface area (Å²) >= 11 is 0. The van der Waals surface area contributed by atoms with Crippen molar-refractivity contribution in [2.24, 2.45) is 0 Å². The highest BCUT2D eigenvalue weighted by molar-refractivity contribution is 5.67. The minimum absolute atomic E-state index is 0.0944. The minimum Gasteiger partial charge on any atom is -0.496 e. The van der Waals surface area contributed by atoms with Crippen LogP contribution >= 0.6 is 0 Å². The molecule has 0 atom stereocenters. The van der Waals surface area contributed by atoms with Crippen LogP contribution in [0.2, 0.25) is 0 Å². The first-order valence-electron chi connectivity index (χ1n) is 4.66. The molecule has 4 heteroatoms. The van der Waals surface area contributed by atoms with Gasteiger partial charge in [0.05, 0.1) is 13.7 Å². The molecule has 0 unspecified atom stereocenters. The first kappa shape index (κ1) is 11.5. The van der Waals surface area contributed by atoms with Crippen molar-refractivity contribution >= 4 is 5.97 Å². The molecule has 15 heavy (non-hydrogen) atoms. The number of aryl methyl sites for hydroxylation is 1. The Labute approximate surface area is 88.1 Å². The van der Waals surface area contributed by atoms with Gasteiger partial charge in [0.15, 0.2) is 0 Å². The Hall–Kier alpha value is -1.55. The van der Waals surface area contributed by atoms with Gasteiger partial charge in [0.1, 0.15) is 5.75 Å². The number of aliphatic carboxylic acids is 1. The van der Waals surface area contributed by atoms with Crippen molar-refractivity contribution in [1.29, 1.82) is 0 Å². The zero-order valence-electron chi connectivity index (χ0n) is 8.56. The highest BCUT2D eigenvalue weighted by Gasteiger charge is 2.04. The van der Waals surface area contributed by atoms with Crippen LogP contribution < -0.4 is 4.74 Å². The summed E-state index contributed by atoms with van der Waals surface area (Å²) in [6, 6.07) is 5.31. The van der Waals surface area contributed by atoms with Gasteiger partial charge in [0, 0.05) is 12.0 Å². The summed E-state index contributed by atoms with van der Waals surface area (Å²) in [5.41, 5.74) is 1.57. The first-order valence-corrected chi connectivity index (χ1v) is 4.66. The normalized spacial score (nSPS) is 10.0. The Balaban J connectivity index is 2.78. The third-order valence-corrected chi connectivity index (χ3v) is 2.14. The van der Waals surface area contributed by atoms with Crippen LogP contribution in [0, 0.1) is 0 Å². The van der Waals surface area contributed by atoms with Crippen LogP contribution in [-0.4, -0.2) is 23.3 Å². The average molecular weight is 210 g/mol. The van der Waals surface area contributed by atoms with E-state index in [1.807, 2.05) is 0 Å². The lowest BCUT2D eigenvalue weighted by atomic mass is 10.1. The van der Waals surface area contributed by atoms with Crippen molar-refractivity contribution in [3.8, 4) is 5.75 Å². The van der Waals surface area contributed by atoms with Gasteiger partial charge in [0.25, 0.3) is 0 Å². The molecule has 2 N–H and O–H groups in total. The molecule has 0 spiro atoms. The molecule has 82 valence electrons. The molecule has 0 radical (unpaired) electrons. The number of methoxy groups -OCH3 is 1. The maximum absolute atomic E-state index is 10.4. The van der Waals surface area contributed by atoms with E-state index in [9.17, 15) is 4.79 Å². The number of aliphatic hydroxyl groups excluding tert-OH is 1. The number of ether oxygens (including phenoxy) is 1. The fourth-order valence-corrected chi connectivity index (χ4v) is 1.36. The number of aliphatic hydroxyl groups is 1. The monoisotopic (exact) mass is 210 g/mol. The van der Waals surface area contributed by atoms with Gasteiger partial charge < -0.3 is 14.9 Å². The fourth-order valence-electron chi connectivity index (χ4n) is 1.36. The van der Waals surface area contributed by atoms with E-state index < -0.39 is 5.97 Å². The lowest BCUT2D eigenvalue weighted by Crippen LogP contribution is -1.99. The Bertz CT molecular complexity index is 346. The van der Waals surface area contributed by atoms with Crippen molar-refractivity contribution in [2.45, 2.75) is 19.4 Å². The predicted molar refractivity (Wildman–Crippen MR) is 54.9 cm³/mol. The highest BCUT2D eigenvalue weighted by Crippen LogP contribution is 2.20. The van der Waals surface area contributed by atoms with E-state index >= 15 is 0 Å². The zero-order valence-corrected chi connectivity index (χ0v) is 8.56. The Morgan fingerprint density at radius 1 is 1.47 bits per heavy atom. The predicted octanol–water partition coefficient (Wildman–Crippen LogP) is 1.20. The summed E-state index contributed by atoms with van der Waals surface area (Å²) in [7, 11) is 1.53. The minimum atomic E-state index is -0.823. The highest BCUT2D eigenvalue weighted by atomic mass is 16.5. The third kappa shape index (κ3) is 3.25. The molecule has 0 fully saturated rings. The lowest BCUT2D eigenvalue weighted by molar-refractivity contribution is -0.136. The van der Waals surface area contributed by atoms with Crippen molar-refractivity contribution < 1.29 is 19.7 Å². The summed E-state index contributed by atoms with van der Waals surface area (Å²) < 4.78 is 5.04. The third-order valence-electron chi connectivity index (χ3n) is 2.14. The van der Waals surface area contributed by atoms with E-state index in [2.05, 4.69) is 0 Å². The maximum Gasteiger partial charge on any atom is 0.303 e. The van der Waals surface area contributed by atoms with E-state index in [1.165, 1.54) is 7.11 Å². The molecule has 0 saturated carbocycles. The van der Waals surface area contributed by atoms with Crippen LogP contribution in [-0.2, 0) is 17.8 Å². The molecular weight excluding hydrogens is 196 g/mol. The van der Waals surface area contributed by atoms with Gasteiger partial charge in [0.2, 0.25) is 0 Å². The quantitative estimate of drug-likeness (QED) is 0.766. The van der Waals surface area contributed by atoms with Crippen LogP contribution in [0.15, 0.2) is 18.2 Å². The smallest absolute Gasteiger partial charge is 0.303 e. The zero-order chi connectivity index (χ0) is 11.3. The Morgan fingerprint density at radius 2 is 2.20 bits per heavy atom. The second kappa shape index (κ2) is 5.36. The van der Waals surface area contributed by atoms with Gasteiger partial charge in [-0.2, -0.15) is 0 Å². The van der Waals surface area contributed by atoms with Crippen LogP contribution in [0.4, 0.5) is 0 Å². The molecule has 0 bridgehead atoms. The number of hydrogen-bond donors (Lipinski definition) is 2. The van der Waals surface area contributed by atoms with Gasteiger partial charge >= 0.3 is 5.97 Å². The standard InChI is InChI=1S/C11H14O4/c1-15-10-4-2-8(3-5-11(13)14)6-9(10)7-12/h2,4,6,12H,3,5,7H2,1H3,(H,13,14). The van der Waals surface area contributed by atoms with Crippen LogP contribution in [0.1, 0.15) is 17.5 Å². The molecule has 0 amide bonds. The topological polar surface area (TPSA) is 66.8 Å². The van der Waals surface area contributed by atoms with E-state index in [0.717, 1.165) is 5.56 Å². The van der Waals surface area contributed by atoms with E-state index in [-0.39, 0.29) is 13.0 Å². The molecule has 0 aromatic heterocycles. The first-order chi connectivity index (χ1) is 7.17. The molecule has 1 rings (SSSR count). The fraction of sp³-hybridized carbons (Fsp3) is 0.364. The molecule has 1 aromatic rings. The second-order valence-corrected chi connectivity index (χ2v) is 3.20. The molecule has 1 aromatic carbocycles. The molecular formula is C11H14O4. The van der Waals surface area contributed by atoms with Crippen molar-refractivity contribution in [3.05, 3.63) is 29.3 Å². The van der Waals surface area contributed by atoms with Gasteiger partial charge in [-0.05, 0) is 24.1 Å². The number of carbonyl (C=O) groups is 1. The summed E-state index contributed by atoms with van der Waals surface area (Å²) in [6.45, 7) is -0.107. The molecule has 0 saturated heterocycles. The van der Waals surface area contributed by atoms with Crippen LogP contribution in [0.5, 0.6) is 5.75 Å². The SMILES string of the molecule is COc1ccc(CCC(=O)O)cc1CO. The molecule has 0 aliphatic heterocycles. The van der Waals surface area contributed by atoms with Crippen molar-refractivity contribution in [1.82, 2.24) is 0 Å². The van der Waals surface area contributed by atoms with E-state index in [1.54, 1.807) is 18.2 Å². The van der Waals surface area contributed by atoms with Gasteiger partial charge in [-0.25, -0.2) is 0 Å². The van der Waals surface area contributed by atoms with Crippen LogP contribution in [0.3, 0.4) is 0 Å². The molecule has 0 heterocycles. The van der Waals surface area contributed by atoms with Gasteiger partial charge in [-0.1, -0.05) is 6.07 Å². The Kier molecular flexibility index (Phi) is 4.12. The Morgan fingerprint density at radius 3 is 2.73 bits per heavy atom. The lowest BCUT2D eigenvalue weighted by Gasteiger charge is -2.08. The van der Waals surface area contributed by atoms with E-state index in [0.29, 0.717) is 17.7 Å². The molecule has 0 aliphatic rings. The van der Waals surface area contributed by atoms with Gasteiger partial charge in [-0.15, -0.1) is 0 Å². The number of hydrogen-bond acceptors (Lipinski definition) is 3. The second-order valence-electron chi connectivity index (χ2n) is 3.20. The maximum atomic E-state index is 10.4. The number of carboxylic acid groups (broad SMARTS) is 1. The average Bonchev–Trinajstić information content (AvgIpc) is 2.25. The molecule has 0 aliphatic carbocycles. The number of carboxylic acids is 1. The summed E-state index contributed by atoms with van der Waals surface area (Å²) in [6.07, 6.45) is 0.559. The largest absolute Gasteiger partial charge is 0.496 e. The summed E-state index contributed by atoms with van der Waals surface area (Å²) in [5.74, 6) is -0.201. The van der Waals surface area contributed by atoms with E-state index in [4.69, 9.17) is 14.9 Å². The summed E-state index contributed by atoms with van der Waals surface area (Å²) in [4.78, 5) is 10.4. The van der Waals surface area contributed by atoms with Crippen molar-refractivity contribution in [2.75, 3.05) is 7.11 Å². The van der Waals surface area contributed by atoms with Gasteiger partial charge in [-0.3, -0.25) is 4.79 Å². The molecule has 4 nitrogen and oxygen atoms in total. The summed E-state index contributed by atoms with van der Waals surface area (Å²) in [5, 5.41) is 17.6. The van der Waals surface area contributed by atoms with Crippen molar-refractivity contribution in [3.63, 3.8) is 0 Å². The number of rotatable bonds is 5.